The number of aryl methyl sites for hydroxylation is 1. The van der Waals surface area contributed by atoms with Crippen LogP contribution in [0.2, 0.25) is 0 Å². The molecule has 0 fully saturated rings. The molecule has 0 saturated heterocycles. The molecule has 110 valence electrons. The first-order chi connectivity index (χ1) is 9.51. The maximum atomic E-state index is 12.4. The number of alkyl halides is 3. The molecule has 1 N–H and O–H groups in total. The fourth-order valence-corrected chi connectivity index (χ4v) is 2.32. The summed E-state index contributed by atoms with van der Waals surface area (Å²) in [5, 5.41) is 4.29. The first-order valence-corrected chi connectivity index (χ1v) is 6.85. The summed E-state index contributed by atoms with van der Waals surface area (Å²) in [6, 6.07) is 7.71. The predicted octanol–water partition coefficient (Wildman–Crippen LogP) is 4.09. The summed E-state index contributed by atoms with van der Waals surface area (Å²) < 4.78 is 38.8. The molecule has 1 aromatic heterocycles. The number of rotatable bonds is 6. The second-order valence-corrected chi connectivity index (χ2v) is 4.91. The van der Waals surface area contributed by atoms with Crippen molar-refractivity contribution in [2.24, 2.45) is 0 Å². The Kier molecular flexibility index (Phi) is 4.70. The van der Waals surface area contributed by atoms with Crippen LogP contribution in [0.25, 0.3) is 10.9 Å². The third kappa shape index (κ3) is 3.76. The van der Waals surface area contributed by atoms with E-state index in [9.17, 15) is 13.2 Å². The molecule has 0 amide bonds. The van der Waals surface area contributed by atoms with Gasteiger partial charge in [-0.1, -0.05) is 25.1 Å². The summed E-state index contributed by atoms with van der Waals surface area (Å²) in [7, 11) is 0. The van der Waals surface area contributed by atoms with Crippen LogP contribution in [0, 0.1) is 0 Å². The SMILES string of the molecule is CCCNCc1cccc2ccn(CCC(F)(F)F)c12. The van der Waals surface area contributed by atoms with Crippen molar-refractivity contribution < 1.29 is 13.2 Å². The van der Waals surface area contributed by atoms with Gasteiger partial charge in [0.1, 0.15) is 0 Å². The largest absolute Gasteiger partial charge is 0.390 e. The topological polar surface area (TPSA) is 17.0 Å². The van der Waals surface area contributed by atoms with Crippen molar-refractivity contribution in [3.8, 4) is 0 Å². The Labute approximate surface area is 116 Å². The van der Waals surface area contributed by atoms with Gasteiger partial charge in [-0.2, -0.15) is 13.2 Å². The van der Waals surface area contributed by atoms with Gasteiger partial charge in [-0.05, 0) is 30.0 Å². The Balaban J connectivity index is 2.22. The number of nitrogens with one attached hydrogen (secondary N) is 1. The lowest BCUT2D eigenvalue weighted by Gasteiger charge is -2.12. The van der Waals surface area contributed by atoms with E-state index < -0.39 is 12.6 Å². The summed E-state index contributed by atoms with van der Waals surface area (Å²) in [4.78, 5) is 0. The summed E-state index contributed by atoms with van der Waals surface area (Å²) in [6.45, 7) is 3.64. The Bertz CT molecular complexity index is 558. The van der Waals surface area contributed by atoms with Gasteiger partial charge in [0.2, 0.25) is 0 Å². The van der Waals surface area contributed by atoms with E-state index in [1.54, 1.807) is 10.8 Å². The Hall–Kier alpha value is -1.49. The van der Waals surface area contributed by atoms with Crippen LogP contribution in [0.3, 0.4) is 0 Å². The van der Waals surface area contributed by atoms with E-state index in [1.807, 2.05) is 24.3 Å². The third-order valence-corrected chi connectivity index (χ3v) is 3.25. The fraction of sp³-hybridized carbons (Fsp3) is 0.467. The van der Waals surface area contributed by atoms with Gasteiger partial charge in [0.25, 0.3) is 0 Å². The van der Waals surface area contributed by atoms with E-state index in [4.69, 9.17) is 0 Å². The van der Waals surface area contributed by atoms with Gasteiger partial charge in [-0.25, -0.2) is 0 Å². The molecular formula is C15H19F3N2. The fourth-order valence-electron chi connectivity index (χ4n) is 2.32. The maximum absolute atomic E-state index is 12.4. The Morgan fingerprint density at radius 1 is 1.20 bits per heavy atom. The molecule has 0 aliphatic carbocycles. The molecule has 20 heavy (non-hydrogen) atoms. The zero-order valence-electron chi connectivity index (χ0n) is 11.5. The molecule has 0 bridgehead atoms. The zero-order chi connectivity index (χ0) is 14.6. The molecule has 2 nitrogen and oxygen atoms in total. The van der Waals surface area contributed by atoms with Crippen molar-refractivity contribution >= 4 is 10.9 Å². The summed E-state index contributed by atoms with van der Waals surface area (Å²) >= 11 is 0. The first-order valence-electron chi connectivity index (χ1n) is 6.85. The maximum Gasteiger partial charge on any atom is 0.390 e. The number of hydrogen-bond donors (Lipinski definition) is 1. The van der Waals surface area contributed by atoms with Crippen molar-refractivity contribution in [2.75, 3.05) is 6.54 Å². The second-order valence-electron chi connectivity index (χ2n) is 4.91. The first kappa shape index (κ1) is 14.9. The van der Waals surface area contributed by atoms with Gasteiger partial charge in [-0.3, -0.25) is 0 Å². The molecule has 0 atom stereocenters. The third-order valence-electron chi connectivity index (χ3n) is 3.25. The van der Waals surface area contributed by atoms with E-state index in [0.29, 0.717) is 6.54 Å². The van der Waals surface area contributed by atoms with Gasteiger partial charge in [0, 0.05) is 19.3 Å². The average molecular weight is 284 g/mol. The number of para-hydroxylation sites is 1. The number of hydrogen-bond acceptors (Lipinski definition) is 1. The Morgan fingerprint density at radius 2 is 2.00 bits per heavy atom. The summed E-state index contributed by atoms with van der Waals surface area (Å²) in [6.07, 6.45) is -2.15. The van der Waals surface area contributed by atoms with E-state index in [1.165, 1.54) is 0 Å². The quantitative estimate of drug-likeness (QED) is 0.790. The van der Waals surface area contributed by atoms with Crippen molar-refractivity contribution in [1.29, 1.82) is 0 Å². The van der Waals surface area contributed by atoms with Gasteiger partial charge >= 0.3 is 6.18 Å². The molecule has 2 rings (SSSR count). The lowest BCUT2D eigenvalue weighted by Crippen LogP contribution is -2.15. The van der Waals surface area contributed by atoms with Crippen LogP contribution in [0.5, 0.6) is 0 Å². The van der Waals surface area contributed by atoms with Crippen LogP contribution in [-0.4, -0.2) is 17.3 Å². The van der Waals surface area contributed by atoms with E-state index >= 15 is 0 Å². The smallest absolute Gasteiger partial charge is 0.347 e. The van der Waals surface area contributed by atoms with Gasteiger partial charge < -0.3 is 9.88 Å². The lowest BCUT2D eigenvalue weighted by molar-refractivity contribution is -0.136. The van der Waals surface area contributed by atoms with Gasteiger partial charge in [0.05, 0.1) is 11.9 Å². The Morgan fingerprint density at radius 3 is 2.70 bits per heavy atom. The van der Waals surface area contributed by atoms with Gasteiger partial charge in [0.15, 0.2) is 0 Å². The van der Waals surface area contributed by atoms with E-state index in [2.05, 4.69) is 12.2 Å². The van der Waals surface area contributed by atoms with Gasteiger partial charge in [-0.15, -0.1) is 0 Å². The summed E-state index contributed by atoms with van der Waals surface area (Å²) in [5.74, 6) is 0. The number of halogens is 3. The molecular weight excluding hydrogens is 265 g/mol. The molecule has 0 radical (unpaired) electrons. The van der Waals surface area contributed by atoms with E-state index in [0.717, 1.165) is 29.4 Å². The van der Waals surface area contributed by atoms with Crippen LogP contribution < -0.4 is 5.32 Å². The molecule has 2 aromatic rings. The molecule has 1 aromatic carbocycles. The monoisotopic (exact) mass is 284 g/mol. The molecule has 5 heteroatoms. The van der Waals surface area contributed by atoms with Crippen LogP contribution in [0.1, 0.15) is 25.3 Å². The normalized spacial score (nSPS) is 12.2. The van der Waals surface area contributed by atoms with Crippen LogP contribution >= 0.6 is 0 Å². The molecule has 0 aliphatic rings. The molecule has 0 spiro atoms. The van der Waals surface area contributed by atoms with Crippen molar-refractivity contribution in [3.05, 3.63) is 36.0 Å². The number of benzene rings is 1. The molecule has 0 aliphatic heterocycles. The number of fused-ring (bicyclic) bond motifs is 1. The highest BCUT2D eigenvalue weighted by Gasteiger charge is 2.26. The summed E-state index contributed by atoms with van der Waals surface area (Å²) in [5.41, 5.74) is 1.95. The predicted molar refractivity (Wildman–Crippen MR) is 74.6 cm³/mol. The highest BCUT2D eigenvalue weighted by molar-refractivity contribution is 5.83. The lowest BCUT2D eigenvalue weighted by atomic mass is 10.1. The van der Waals surface area contributed by atoms with Crippen molar-refractivity contribution in [2.45, 2.75) is 39.0 Å². The van der Waals surface area contributed by atoms with E-state index in [-0.39, 0.29) is 6.54 Å². The number of aromatic nitrogens is 1. The van der Waals surface area contributed by atoms with Crippen LogP contribution in [0.4, 0.5) is 13.2 Å². The molecule has 0 saturated carbocycles. The standard InChI is InChI=1S/C15H19F3N2/c1-2-8-19-11-13-5-3-4-12-6-9-20(14(12)13)10-7-15(16,17)18/h3-6,9,19H,2,7-8,10-11H2,1H3. The molecule has 0 unspecified atom stereocenters. The second kappa shape index (κ2) is 6.31. The minimum Gasteiger partial charge on any atom is -0.347 e. The number of nitrogens with zero attached hydrogens (tertiary/aromatic N) is 1. The highest BCUT2D eigenvalue weighted by Crippen LogP contribution is 2.24. The van der Waals surface area contributed by atoms with Crippen LogP contribution in [-0.2, 0) is 13.1 Å². The zero-order valence-corrected chi connectivity index (χ0v) is 11.5. The molecule has 1 heterocycles. The van der Waals surface area contributed by atoms with Crippen LogP contribution in [0.15, 0.2) is 30.5 Å². The van der Waals surface area contributed by atoms with Crippen molar-refractivity contribution in [3.63, 3.8) is 0 Å². The average Bonchev–Trinajstić information content (AvgIpc) is 2.80. The minimum atomic E-state index is -4.12. The minimum absolute atomic E-state index is 0.0300. The highest BCUT2D eigenvalue weighted by atomic mass is 19.4. The van der Waals surface area contributed by atoms with Crippen molar-refractivity contribution in [1.82, 2.24) is 9.88 Å².